The maximum atomic E-state index is 3.57. The van der Waals surface area contributed by atoms with E-state index < -0.39 is 0 Å². The molecule has 0 N–H and O–H groups in total. The van der Waals surface area contributed by atoms with Gasteiger partial charge in [-0.05, 0) is 37.8 Å². The van der Waals surface area contributed by atoms with Crippen LogP contribution in [-0.2, 0) is 0 Å². The Labute approximate surface area is 310 Å². The van der Waals surface area contributed by atoms with Crippen molar-refractivity contribution in [2.45, 2.75) is 200 Å². The van der Waals surface area contributed by atoms with Crippen LogP contribution in [0.15, 0.2) is 33.1 Å². The second-order valence-corrected chi connectivity index (χ2v) is 12.0. The molecule has 0 amide bonds. The van der Waals surface area contributed by atoms with Crippen LogP contribution in [0, 0.1) is 10.4 Å². The summed E-state index contributed by atoms with van der Waals surface area (Å²) in [6.07, 6.45) is 35.4. The smallest absolute Gasteiger partial charge is 0.0542 e. The monoisotopic (exact) mass is 836 g/mol. The summed E-state index contributed by atoms with van der Waals surface area (Å²) in [6, 6.07) is 0. The van der Waals surface area contributed by atoms with Gasteiger partial charge in [-0.3, -0.25) is 0 Å². The third-order valence-corrected chi connectivity index (χ3v) is 9.01. The molecule has 0 atom stereocenters. The van der Waals surface area contributed by atoms with Crippen LogP contribution >= 0.6 is 22.3 Å². The van der Waals surface area contributed by atoms with E-state index in [1.807, 2.05) is 0 Å². The second kappa shape index (κ2) is 41.8. The molecule has 0 fully saturated rings. The molecule has 8 radical (unpaired) electrons. The SMILES string of the molecule is C.C.C.C.C.C.CCCCCCCCCCCCC1=CC(=C2C=C(CCCCCCCCCCCC)C#S2)S#C1.[Sn].[Sn]. The van der Waals surface area contributed by atoms with Crippen molar-refractivity contribution in [2.24, 2.45) is 0 Å². The van der Waals surface area contributed by atoms with Gasteiger partial charge in [0.05, 0.1) is 9.81 Å². The molecule has 0 aromatic carbocycles. The van der Waals surface area contributed by atoms with Crippen molar-refractivity contribution < 1.29 is 0 Å². The van der Waals surface area contributed by atoms with Crippen molar-refractivity contribution in [2.75, 3.05) is 0 Å². The van der Waals surface area contributed by atoms with Gasteiger partial charge in [0, 0.05) is 59.0 Å². The van der Waals surface area contributed by atoms with Gasteiger partial charge in [0.25, 0.3) is 0 Å². The molecule has 0 unspecified atom stereocenters. The zero-order valence-corrected chi connectivity index (χ0v) is 30.9. The Kier molecular flexibility index (Phi) is 58.1. The molecule has 0 spiro atoms. The summed E-state index contributed by atoms with van der Waals surface area (Å²) in [4.78, 5) is 2.80. The van der Waals surface area contributed by atoms with E-state index >= 15 is 0 Å². The molecular weight excluding hydrogens is 758 g/mol. The minimum Gasteiger partial charge on any atom is -0.0912 e. The Bertz CT molecular complexity index is 721. The molecule has 0 aromatic rings. The van der Waals surface area contributed by atoms with Crippen molar-refractivity contribution in [3.63, 3.8) is 0 Å². The Morgan fingerprint density at radius 2 is 0.643 bits per heavy atom. The summed E-state index contributed by atoms with van der Waals surface area (Å²) in [5.41, 5.74) is 2.84. The molecule has 0 aliphatic carbocycles. The van der Waals surface area contributed by atoms with Crippen LogP contribution in [-0.4, -0.2) is 47.8 Å². The van der Waals surface area contributed by atoms with Gasteiger partial charge in [-0.25, -0.2) is 0 Å². The topological polar surface area (TPSA) is 0 Å². The Morgan fingerprint density at radius 1 is 0.405 bits per heavy atom. The molecule has 248 valence electrons. The molecule has 0 bridgehead atoms. The molecule has 2 heterocycles. The maximum Gasteiger partial charge on any atom is 0.0542 e. The molecular formula is C38H76S2Sn2. The van der Waals surface area contributed by atoms with Gasteiger partial charge in [0.1, 0.15) is 0 Å². The quantitative estimate of drug-likeness (QED) is 0.0753. The van der Waals surface area contributed by atoms with Gasteiger partial charge in [0.15, 0.2) is 0 Å². The van der Waals surface area contributed by atoms with E-state index in [4.69, 9.17) is 0 Å². The van der Waals surface area contributed by atoms with Crippen LogP contribution in [0.5, 0.6) is 0 Å². The molecule has 4 heteroatoms. The van der Waals surface area contributed by atoms with Gasteiger partial charge in [-0.1, -0.05) is 207 Å². The van der Waals surface area contributed by atoms with Crippen molar-refractivity contribution in [3.05, 3.63) is 33.1 Å². The van der Waals surface area contributed by atoms with E-state index in [0.717, 1.165) is 0 Å². The van der Waals surface area contributed by atoms with E-state index in [1.165, 1.54) is 162 Å². The van der Waals surface area contributed by atoms with Crippen LogP contribution < -0.4 is 0 Å². The van der Waals surface area contributed by atoms with Gasteiger partial charge in [-0.15, -0.1) is 0 Å². The summed E-state index contributed by atoms with van der Waals surface area (Å²) >= 11 is 3.61. The second-order valence-electron chi connectivity index (χ2n) is 10.3. The molecule has 2 rings (SSSR count). The van der Waals surface area contributed by atoms with Crippen molar-refractivity contribution in [1.29, 1.82) is 0 Å². The van der Waals surface area contributed by atoms with Gasteiger partial charge >= 0.3 is 0 Å². The fourth-order valence-corrected chi connectivity index (χ4v) is 6.55. The summed E-state index contributed by atoms with van der Waals surface area (Å²) in [7, 11) is 0. The average molecular weight is 835 g/mol. The first-order valence-corrected chi connectivity index (χ1v) is 16.5. The van der Waals surface area contributed by atoms with Crippen LogP contribution in [0.1, 0.15) is 200 Å². The normalized spacial score (nSPS) is 13.5. The minimum atomic E-state index is 0. The van der Waals surface area contributed by atoms with Gasteiger partial charge < -0.3 is 0 Å². The molecule has 0 aromatic heterocycles. The molecule has 0 saturated heterocycles. The van der Waals surface area contributed by atoms with Crippen LogP contribution in [0.4, 0.5) is 0 Å². The fourth-order valence-electron chi connectivity index (χ4n) is 4.77. The molecule has 0 nitrogen and oxygen atoms in total. The number of hydrogen-bond acceptors (Lipinski definition) is 0. The number of hydrogen-bond donors (Lipinski definition) is 0. The molecule has 2 aliphatic heterocycles. The maximum absolute atomic E-state index is 3.57. The predicted molar refractivity (Wildman–Crippen MR) is 211 cm³/mol. The first-order chi connectivity index (χ1) is 16.8. The average Bonchev–Trinajstić information content (AvgIpc) is 3.51. The van der Waals surface area contributed by atoms with Crippen LogP contribution in [0.2, 0.25) is 0 Å². The van der Waals surface area contributed by atoms with E-state index in [9.17, 15) is 0 Å². The van der Waals surface area contributed by atoms with Crippen molar-refractivity contribution in [1.82, 2.24) is 0 Å². The summed E-state index contributed by atoms with van der Waals surface area (Å²) in [5.74, 6) is 0. The van der Waals surface area contributed by atoms with Crippen LogP contribution in [0.25, 0.3) is 0 Å². The largest absolute Gasteiger partial charge is 0.0912 e. The van der Waals surface area contributed by atoms with E-state index in [-0.39, 0.29) is 92.4 Å². The Morgan fingerprint density at radius 3 is 0.905 bits per heavy atom. The molecule has 2 aliphatic rings. The summed E-state index contributed by atoms with van der Waals surface area (Å²) in [6.45, 7) is 4.59. The standard InChI is InChI=1S/C32H52S2.6CH4.2Sn/c1-3-5-7-9-11-13-15-17-19-21-23-29-25-31(33-27-29)32-26-30(28-34-32)24-22-20-18-16-14-12-10-8-6-4-2;;;;;;;;/h25-26H,3-24H2,1-2H3;6*1H4;;. The third kappa shape index (κ3) is 29.5. The summed E-state index contributed by atoms with van der Waals surface area (Å²) in [5, 5.41) is 7.13. The van der Waals surface area contributed by atoms with Gasteiger partial charge in [0.2, 0.25) is 0 Å². The molecule has 0 saturated carbocycles. The summed E-state index contributed by atoms with van der Waals surface area (Å²) < 4.78 is 0. The minimum absolute atomic E-state index is 0. The first kappa shape index (κ1) is 58.4. The van der Waals surface area contributed by atoms with E-state index in [2.05, 4.69) is 36.4 Å². The fraction of sp³-hybridized carbons (Fsp3) is 0.789. The Hall–Kier alpha value is 0.817. The van der Waals surface area contributed by atoms with Crippen molar-refractivity contribution in [3.8, 4) is 10.4 Å². The predicted octanol–water partition coefficient (Wildman–Crippen LogP) is 15.1. The molecule has 42 heavy (non-hydrogen) atoms. The van der Waals surface area contributed by atoms with Crippen molar-refractivity contribution >= 4 is 70.2 Å². The number of allylic oxidation sites excluding steroid dienone is 4. The van der Waals surface area contributed by atoms with E-state index in [0.29, 0.717) is 0 Å². The Balaban J connectivity index is -0.000000306. The zero-order chi connectivity index (χ0) is 24.1. The first-order valence-electron chi connectivity index (χ1n) is 14.8. The van der Waals surface area contributed by atoms with E-state index in [1.54, 1.807) is 22.3 Å². The van der Waals surface area contributed by atoms with Gasteiger partial charge in [-0.2, -0.15) is 0 Å². The zero-order valence-electron chi connectivity index (χ0n) is 23.5. The third-order valence-electron chi connectivity index (χ3n) is 7.04. The number of unbranched alkanes of at least 4 members (excludes halogenated alkanes) is 18. The number of rotatable bonds is 22. The van der Waals surface area contributed by atoms with Crippen LogP contribution in [0.3, 0.4) is 0 Å².